The maximum Gasteiger partial charge on any atom is 0.241 e. The lowest BCUT2D eigenvalue weighted by Crippen LogP contribution is -2.24. The first kappa shape index (κ1) is 15.9. The van der Waals surface area contributed by atoms with Crippen LogP contribution in [0, 0.1) is 13.8 Å². The van der Waals surface area contributed by atoms with Gasteiger partial charge in [-0.3, -0.25) is 4.98 Å². The van der Waals surface area contributed by atoms with Gasteiger partial charge in [0.05, 0.1) is 4.90 Å². The number of aromatic nitrogens is 1. The first-order valence-electron chi connectivity index (χ1n) is 6.26. The molecule has 0 aliphatic heterocycles. The van der Waals surface area contributed by atoms with Crippen LogP contribution < -0.4 is 10.5 Å². The molecular weight excluding hydrogens is 354 g/mol. The molecule has 0 fully saturated rings. The minimum atomic E-state index is -3.62. The Labute approximate surface area is 132 Å². The van der Waals surface area contributed by atoms with E-state index in [1.54, 1.807) is 25.4 Å². The van der Waals surface area contributed by atoms with Gasteiger partial charge in [0.1, 0.15) is 0 Å². The third kappa shape index (κ3) is 3.61. The number of nitrogens with two attached hydrogens (primary N) is 1. The van der Waals surface area contributed by atoms with Gasteiger partial charge in [-0.1, -0.05) is 0 Å². The lowest BCUT2D eigenvalue weighted by molar-refractivity contribution is 0.580. The molecule has 0 saturated carbocycles. The summed E-state index contributed by atoms with van der Waals surface area (Å²) < 4.78 is 28.1. The van der Waals surface area contributed by atoms with Gasteiger partial charge in [0, 0.05) is 29.1 Å². The first-order valence-corrected chi connectivity index (χ1v) is 8.53. The van der Waals surface area contributed by atoms with Crippen molar-refractivity contribution in [2.75, 3.05) is 5.73 Å². The third-order valence-corrected chi connectivity index (χ3v) is 5.41. The van der Waals surface area contributed by atoms with Gasteiger partial charge in [-0.15, -0.1) is 0 Å². The number of halogens is 1. The van der Waals surface area contributed by atoms with Crippen LogP contribution in [0.25, 0.3) is 0 Å². The Balaban J connectivity index is 2.27. The van der Waals surface area contributed by atoms with E-state index >= 15 is 0 Å². The molecule has 112 valence electrons. The van der Waals surface area contributed by atoms with E-state index in [1.165, 1.54) is 6.07 Å². The zero-order valence-corrected chi connectivity index (χ0v) is 14.1. The van der Waals surface area contributed by atoms with Crippen LogP contribution in [0.4, 0.5) is 5.69 Å². The molecule has 5 nitrogen and oxygen atoms in total. The van der Waals surface area contributed by atoms with Crippen LogP contribution in [0.3, 0.4) is 0 Å². The van der Waals surface area contributed by atoms with Crippen LogP contribution in [-0.2, 0) is 16.6 Å². The summed E-state index contributed by atoms with van der Waals surface area (Å²) in [5.74, 6) is 0. The predicted molar refractivity (Wildman–Crippen MR) is 86.3 cm³/mol. The van der Waals surface area contributed by atoms with Gasteiger partial charge in [-0.05, 0) is 64.7 Å². The number of benzene rings is 1. The third-order valence-electron chi connectivity index (χ3n) is 3.18. The van der Waals surface area contributed by atoms with Crippen molar-refractivity contribution in [1.29, 1.82) is 0 Å². The lowest BCUT2D eigenvalue weighted by Gasteiger charge is -2.12. The van der Waals surface area contributed by atoms with E-state index in [-0.39, 0.29) is 11.4 Å². The molecule has 0 atom stereocenters. The van der Waals surface area contributed by atoms with Gasteiger partial charge >= 0.3 is 0 Å². The molecule has 0 spiro atoms. The van der Waals surface area contributed by atoms with Crippen molar-refractivity contribution in [2.24, 2.45) is 0 Å². The fraction of sp³-hybridized carbons (Fsp3) is 0.214. The maximum atomic E-state index is 12.4. The van der Waals surface area contributed by atoms with Crippen molar-refractivity contribution < 1.29 is 8.42 Å². The summed E-state index contributed by atoms with van der Waals surface area (Å²) in [6, 6.07) is 4.99. The molecule has 1 heterocycles. The van der Waals surface area contributed by atoms with E-state index in [4.69, 9.17) is 5.73 Å². The minimum Gasteiger partial charge on any atom is -0.398 e. The summed E-state index contributed by atoms with van der Waals surface area (Å²) in [4.78, 5) is 4.19. The molecule has 2 rings (SSSR count). The van der Waals surface area contributed by atoms with Crippen molar-refractivity contribution in [2.45, 2.75) is 25.3 Å². The predicted octanol–water partition coefficient (Wildman–Crippen LogP) is 2.52. The highest BCUT2D eigenvalue weighted by Crippen LogP contribution is 2.26. The number of hydrogen-bond donors (Lipinski definition) is 2. The summed E-state index contributed by atoms with van der Waals surface area (Å²) in [6.45, 7) is 3.83. The molecule has 2 aromatic rings. The van der Waals surface area contributed by atoms with Gasteiger partial charge < -0.3 is 5.73 Å². The average molecular weight is 370 g/mol. The highest BCUT2D eigenvalue weighted by molar-refractivity contribution is 9.10. The van der Waals surface area contributed by atoms with Crippen LogP contribution in [0.1, 0.15) is 16.7 Å². The molecule has 21 heavy (non-hydrogen) atoms. The molecule has 3 N–H and O–H groups in total. The normalized spacial score (nSPS) is 11.6. The first-order chi connectivity index (χ1) is 9.81. The summed E-state index contributed by atoms with van der Waals surface area (Å²) in [7, 11) is -3.62. The smallest absolute Gasteiger partial charge is 0.241 e. The lowest BCUT2D eigenvalue weighted by atomic mass is 10.2. The zero-order chi connectivity index (χ0) is 15.6. The Morgan fingerprint density at radius 1 is 1.29 bits per heavy atom. The van der Waals surface area contributed by atoms with E-state index in [1.807, 2.05) is 13.0 Å². The van der Waals surface area contributed by atoms with Crippen LogP contribution in [0.5, 0.6) is 0 Å². The number of sulfonamides is 1. The van der Waals surface area contributed by atoms with E-state index < -0.39 is 10.0 Å². The minimum absolute atomic E-state index is 0.185. The maximum absolute atomic E-state index is 12.4. The Hall–Kier alpha value is -1.44. The van der Waals surface area contributed by atoms with Crippen molar-refractivity contribution in [3.8, 4) is 0 Å². The van der Waals surface area contributed by atoms with E-state index in [9.17, 15) is 8.42 Å². The molecule has 0 aliphatic carbocycles. The highest BCUT2D eigenvalue weighted by atomic mass is 79.9. The molecule has 1 aromatic carbocycles. The van der Waals surface area contributed by atoms with Gasteiger partial charge in [-0.25, -0.2) is 13.1 Å². The number of aryl methyl sites for hydroxylation is 2. The zero-order valence-electron chi connectivity index (χ0n) is 11.7. The van der Waals surface area contributed by atoms with Crippen LogP contribution in [0.15, 0.2) is 40.0 Å². The van der Waals surface area contributed by atoms with Crippen molar-refractivity contribution in [3.05, 3.63) is 51.8 Å². The van der Waals surface area contributed by atoms with Gasteiger partial charge in [-0.2, -0.15) is 0 Å². The van der Waals surface area contributed by atoms with Crippen LogP contribution in [-0.4, -0.2) is 13.4 Å². The summed E-state index contributed by atoms with van der Waals surface area (Å²) in [5, 5.41) is 0. The number of rotatable bonds is 4. The highest BCUT2D eigenvalue weighted by Gasteiger charge is 2.18. The van der Waals surface area contributed by atoms with Gasteiger partial charge in [0.15, 0.2) is 0 Å². The van der Waals surface area contributed by atoms with Gasteiger partial charge in [0.2, 0.25) is 10.0 Å². The van der Waals surface area contributed by atoms with Crippen LogP contribution in [0.2, 0.25) is 0 Å². The molecule has 0 amide bonds. The summed E-state index contributed by atoms with van der Waals surface area (Å²) in [5.41, 5.74) is 8.61. The largest absolute Gasteiger partial charge is 0.398 e. The monoisotopic (exact) mass is 369 g/mol. The molecule has 0 unspecified atom stereocenters. The topological polar surface area (TPSA) is 85.1 Å². The Morgan fingerprint density at radius 2 is 2.00 bits per heavy atom. The quantitative estimate of drug-likeness (QED) is 0.810. The molecule has 1 aromatic heterocycles. The fourth-order valence-electron chi connectivity index (χ4n) is 1.89. The molecule has 0 saturated heterocycles. The summed E-state index contributed by atoms with van der Waals surface area (Å²) in [6.07, 6.45) is 3.33. The molecule has 0 aliphatic rings. The van der Waals surface area contributed by atoms with Crippen molar-refractivity contribution in [1.82, 2.24) is 9.71 Å². The summed E-state index contributed by atoms with van der Waals surface area (Å²) >= 11 is 3.28. The number of nitrogens with zero attached hydrogens (tertiary/aromatic N) is 1. The van der Waals surface area contributed by atoms with E-state index in [0.29, 0.717) is 15.7 Å². The molecular formula is C14H16BrN3O2S. The van der Waals surface area contributed by atoms with E-state index in [0.717, 1.165) is 11.1 Å². The fourth-order valence-corrected chi connectivity index (χ4v) is 3.61. The second-order valence-corrected chi connectivity index (χ2v) is 7.36. The number of nitrogen functional groups attached to an aromatic ring is 1. The number of nitrogens with one attached hydrogen (secondary N) is 1. The molecule has 0 bridgehead atoms. The number of hydrogen-bond acceptors (Lipinski definition) is 4. The Kier molecular flexibility index (Phi) is 4.65. The standard InChI is InChI=1S/C14H16BrN3O2S/c1-9-3-4-17-7-11(9)8-18-21(19,20)14-6-13(16)12(15)5-10(14)2/h3-7,18H,8,16H2,1-2H3. The van der Waals surface area contributed by atoms with Crippen molar-refractivity contribution in [3.63, 3.8) is 0 Å². The Morgan fingerprint density at radius 3 is 2.67 bits per heavy atom. The van der Waals surface area contributed by atoms with Gasteiger partial charge in [0.25, 0.3) is 0 Å². The number of pyridine rings is 1. The number of anilines is 1. The Bertz CT molecular complexity index is 776. The molecule has 0 radical (unpaired) electrons. The second-order valence-electron chi connectivity index (χ2n) is 4.77. The van der Waals surface area contributed by atoms with E-state index in [2.05, 4.69) is 25.6 Å². The average Bonchev–Trinajstić information content (AvgIpc) is 2.42. The molecule has 7 heteroatoms. The second kappa shape index (κ2) is 6.13. The SMILES string of the molecule is Cc1ccncc1CNS(=O)(=O)c1cc(N)c(Br)cc1C. The van der Waals surface area contributed by atoms with Crippen molar-refractivity contribution >= 4 is 31.6 Å². The van der Waals surface area contributed by atoms with Crippen LogP contribution >= 0.6 is 15.9 Å².